The van der Waals surface area contributed by atoms with E-state index in [0.717, 1.165) is 40.5 Å². The first-order valence-corrected chi connectivity index (χ1v) is 10.1. The molecule has 8 heteroatoms. The Bertz CT molecular complexity index is 1100. The summed E-state index contributed by atoms with van der Waals surface area (Å²) in [5.74, 6) is 2.66. The first-order valence-electron chi connectivity index (χ1n) is 9.15. The first-order chi connectivity index (χ1) is 13.8. The molecular weight excluding hydrogens is 372 g/mol. The lowest BCUT2D eigenvalue weighted by molar-refractivity contribution is 0.425. The van der Waals surface area contributed by atoms with Crippen LogP contribution in [0, 0.1) is 6.92 Å². The van der Waals surface area contributed by atoms with E-state index < -0.39 is 0 Å². The molecule has 3 heterocycles. The van der Waals surface area contributed by atoms with E-state index in [9.17, 15) is 0 Å². The Labute approximate surface area is 166 Å². The largest absolute Gasteiger partial charge is 0.334 e. The van der Waals surface area contributed by atoms with E-state index in [-0.39, 0.29) is 0 Å². The van der Waals surface area contributed by atoms with Crippen LogP contribution in [-0.4, -0.2) is 29.9 Å². The maximum atomic E-state index is 5.43. The lowest BCUT2D eigenvalue weighted by Crippen LogP contribution is -2.00. The van der Waals surface area contributed by atoms with Gasteiger partial charge in [0.2, 0.25) is 0 Å². The molecule has 140 valence electrons. The van der Waals surface area contributed by atoms with Crippen LogP contribution < -0.4 is 0 Å². The molecule has 3 aromatic heterocycles. The van der Waals surface area contributed by atoms with Crippen LogP contribution in [0.4, 0.5) is 0 Å². The summed E-state index contributed by atoms with van der Waals surface area (Å²) in [6.07, 6.45) is 5.87. The number of benzene rings is 1. The van der Waals surface area contributed by atoms with Crippen molar-refractivity contribution >= 4 is 11.8 Å². The van der Waals surface area contributed by atoms with E-state index in [0.29, 0.717) is 23.5 Å². The van der Waals surface area contributed by atoms with Crippen molar-refractivity contribution in [1.82, 2.24) is 29.9 Å². The second kappa shape index (κ2) is 7.20. The van der Waals surface area contributed by atoms with Gasteiger partial charge in [-0.05, 0) is 44.0 Å². The zero-order valence-corrected chi connectivity index (χ0v) is 16.1. The van der Waals surface area contributed by atoms with Gasteiger partial charge in [0.15, 0.2) is 16.8 Å². The van der Waals surface area contributed by atoms with Crippen LogP contribution in [0.15, 0.2) is 58.5 Å². The fraction of sp³-hybridized carbons (Fsp3) is 0.250. The molecule has 0 atom stereocenters. The Balaban J connectivity index is 1.36. The summed E-state index contributed by atoms with van der Waals surface area (Å²) in [6, 6.07) is 12.4. The Kier molecular flexibility index (Phi) is 4.40. The van der Waals surface area contributed by atoms with E-state index in [1.165, 1.54) is 0 Å². The van der Waals surface area contributed by atoms with Crippen molar-refractivity contribution in [2.45, 2.75) is 36.7 Å². The lowest BCUT2D eigenvalue weighted by atomic mass is 10.1. The van der Waals surface area contributed by atoms with Crippen LogP contribution in [0.3, 0.4) is 0 Å². The lowest BCUT2D eigenvalue weighted by Gasteiger charge is -2.07. The summed E-state index contributed by atoms with van der Waals surface area (Å²) in [4.78, 5) is 8.61. The minimum absolute atomic E-state index is 0.466. The first kappa shape index (κ1) is 17.1. The van der Waals surface area contributed by atoms with Crippen molar-refractivity contribution in [3.05, 3.63) is 60.2 Å². The molecule has 1 fully saturated rings. The molecule has 0 spiro atoms. The quantitative estimate of drug-likeness (QED) is 0.453. The summed E-state index contributed by atoms with van der Waals surface area (Å²) < 4.78 is 7.66. The summed E-state index contributed by atoms with van der Waals surface area (Å²) >= 11 is 1.58. The zero-order valence-electron chi connectivity index (χ0n) is 15.3. The third kappa shape index (κ3) is 3.43. The molecule has 1 aromatic carbocycles. The maximum Gasteiger partial charge on any atom is 0.257 e. The summed E-state index contributed by atoms with van der Waals surface area (Å²) in [7, 11) is 0. The van der Waals surface area contributed by atoms with E-state index in [1.54, 1.807) is 24.2 Å². The number of rotatable bonds is 6. The van der Waals surface area contributed by atoms with E-state index >= 15 is 0 Å². The highest BCUT2D eigenvalue weighted by molar-refractivity contribution is 7.98. The van der Waals surface area contributed by atoms with Crippen molar-refractivity contribution in [3.8, 4) is 22.8 Å². The van der Waals surface area contributed by atoms with Crippen molar-refractivity contribution in [2.24, 2.45) is 0 Å². The Morgan fingerprint density at radius 2 is 1.96 bits per heavy atom. The minimum Gasteiger partial charge on any atom is -0.334 e. The smallest absolute Gasteiger partial charge is 0.257 e. The van der Waals surface area contributed by atoms with Gasteiger partial charge >= 0.3 is 0 Å². The average Bonchev–Trinajstić information content (AvgIpc) is 3.29. The molecule has 0 bridgehead atoms. The summed E-state index contributed by atoms with van der Waals surface area (Å²) in [5, 5.41) is 13.8. The van der Waals surface area contributed by atoms with Gasteiger partial charge in [-0.25, -0.2) is 0 Å². The Hall–Kier alpha value is -3.00. The third-order valence-electron chi connectivity index (χ3n) is 4.58. The summed E-state index contributed by atoms with van der Waals surface area (Å²) in [5.41, 5.74) is 3.13. The van der Waals surface area contributed by atoms with Crippen LogP contribution in [0.2, 0.25) is 0 Å². The molecule has 1 saturated carbocycles. The van der Waals surface area contributed by atoms with Gasteiger partial charge in [-0.15, -0.1) is 10.2 Å². The standard InChI is InChI=1S/C20H18N6OS/c1-13-3-2-4-15(11-13)19-22-17(25-27-19)12-28-20-24-23-18(26(20)16-5-6-16)14-7-9-21-10-8-14/h2-4,7-11,16H,5-6,12H2,1H3. The fourth-order valence-corrected chi connectivity index (χ4v) is 3.92. The fourth-order valence-electron chi connectivity index (χ4n) is 3.07. The number of pyridine rings is 1. The van der Waals surface area contributed by atoms with Crippen LogP contribution in [0.5, 0.6) is 0 Å². The second-order valence-corrected chi connectivity index (χ2v) is 7.76. The van der Waals surface area contributed by atoms with Crippen LogP contribution in [0.25, 0.3) is 22.8 Å². The van der Waals surface area contributed by atoms with Crippen molar-refractivity contribution < 1.29 is 4.52 Å². The number of hydrogen-bond acceptors (Lipinski definition) is 7. The molecular formula is C20H18N6OS. The van der Waals surface area contributed by atoms with Crippen LogP contribution in [-0.2, 0) is 5.75 Å². The van der Waals surface area contributed by atoms with Crippen LogP contribution in [0.1, 0.15) is 30.3 Å². The maximum absolute atomic E-state index is 5.43. The zero-order chi connectivity index (χ0) is 18.9. The molecule has 28 heavy (non-hydrogen) atoms. The predicted octanol–water partition coefficient (Wildman–Crippen LogP) is 4.33. The molecule has 0 unspecified atom stereocenters. The van der Waals surface area contributed by atoms with Crippen molar-refractivity contribution in [2.75, 3.05) is 0 Å². The molecule has 0 radical (unpaired) electrons. The number of aryl methyl sites for hydroxylation is 1. The molecule has 0 amide bonds. The monoisotopic (exact) mass is 390 g/mol. The highest BCUT2D eigenvalue weighted by Gasteiger charge is 2.30. The molecule has 0 aliphatic heterocycles. The topological polar surface area (TPSA) is 82.5 Å². The highest BCUT2D eigenvalue weighted by Crippen LogP contribution is 2.41. The van der Waals surface area contributed by atoms with E-state index in [4.69, 9.17) is 4.52 Å². The van der Waals surface area contributed by atoms with E-state index in [1.807, 2.05) is 43.3 Å². The molecule has 0 N–H and O–H groups in total. The second-order valence-electron chi connectivity index (χ2n) is 6.82. The highest BCUT2D eigenvalue weighted by atomic mass is 32.2. The van der Waals surface area contributed by atoms with Gasteiger partial charge < -0.3 is 4.52 Å². The molecule has 5 rings (SSSR count). The van der Waals surface area contributed by atoms with Crippen molar-refractivity contribution in [1.29, 1.82) is 0 Å². The summed E-state index contributed by atoms with van der Waals surface area (Å²) in [6.45, 7) is 2.04. The normalized spacial score (nSPS) is 13.8. The van der Waals surface area contributed by atoms with Gasteiger partial charge in [0.25, 0.3) is 5.89 Å². The molecule has 1 aliphatic rings. The van der Waals surface area contributed by atoms with Gasteiger partial charge in [0, 0.05) is 29.6 Å². The number of nitrogens with zero attached hydrogens (tertiary/aromatic N) is 6. The number of thioether (sulfide) groups is 1. The van der Waals surface area contributed by atoms with Gasteiger partial charge in [-0.1, -0.05) is 34.6 Å². The Morgan fingerprint density at radius 3 is 2.75 bits per heavy atom. The van der Waals surface area contributed by atoms with Gasteiger partial charge in [0.1, 0.15) is 0 Å². The Morgan fingerprint density at radius 1 is 1.11 bits per heavy atom. The minimum atomic E-state index is 0.466. The SMILES string of the molecule is Cc1cccc(-c2nc(CSc3nnc(-c4ccncc4)n3C3CC3)no2)c1. The number of hydrogen-bond donors (Lipinski definition) is 0. The van der Waals surface area contributed by atoms with Gasteiger partial charge in [-0.2, -0.15) is 4.98 Å². The molecule has 7 nitrogen and oxygen atoms in total. The molecule has 4 aromatic rings. The number of aromatic nitrogens is 6. The van der Waals surface area contributed by atoms with Crippen LogP contribution >= 0.6 is 11.8 Å². The molecule has 0 saturated heterocycles. The molecule has 1 aliphatic carbocycles. The van der Waals surface area contributed by atoms with E-state index in [2.05, 4.69) is 29.9 Å². The average molecular weight is 390 g/mol. The van der Waals surface area contributed by atoms with Gasteiger partial charge in [0.05, 0.1) is 5.75 Å². The van der Waals surface area contributed by atoms with Crippen molar-refractivity contribution in [3.63, 3.8) is 0 Å². The third-order valence-corrected chi connectivity index (χ3v) is 5.52. The van der Waals surface area contributed by atoms with Gasteiger partial charge in [-0.3, -0.25) is 9.55 Å². The predicted molar refractivity (Wildman–Crippen MR) is 106 cm³/mol.